The van der Waals surface area contributed by atoms with E-state index in [1.807, 2.05) is 0 Å². The number of nitrogens with one attached hydrogen (secondary N) is 1. The van der Waals surface area contributed by atoms with Gasteiger partial charge in [0.25, 0.3) is 5.56 Å². The van der Waals surface area contributed by atoms with Gasteiger partial charge >= 0.3 is 6.18 Å². The van der Waals surface area contributed by atoms with E-state index < -0.39 is 18.3 Å². The maximum Gasteiger partial charge on any atom is 0.408 e. The SMILES string of the molecule is CC1CC1CNc1cnn(CC(F)(F)F)c(=O)c1Br. The normalized spacial score (nSPS) is 22.4. The average Bonchev–Trinajstić information content (AvgIpc) is 2.99. The van der Waals surface area contributed by atoms with E-state index in [2.05, 4.69) is 33.3 Å². The highest BCUT2D eigenvalue weighted by Gasteiger charge is 2.32. The lowest BCUT2D eigenvalue weighted by molar-refractivity contribution is -0.143. The third-order valence-corrected chi connectivity index (χ3v) is 3.91. The molecule has 0 amide bonds. The van der Waals surface area contributed by atoms with Crippen LogP contribution in [-0.4, -0.2) is 22.5 Å². The van der Waals surface area contributed by atoms with Gasteiger partial charge in [-0.25, -0.2) is 4.68 Å². The highest BCUT2D eigenvalue weighted by Crippen LogP contribution is 2.37. The summed E-state index contributed by atoms with van der Waals surface area (Å²) in [7, 11) is 0. The van der Waals surface area contributed by atoms with E-state index in [9.17, 15) is 18.0 Å². The van der Waals surface area contributed by atoms with Crippen LogP contribution in [0.5, 0.6) is 0 Å². The molecule has 2 rings (SSSR count). The summed E-state index contributed by atoms with van der Waals surface area (Å²) in [5, 5.41) is 6.57. The molecule has 2 unspecified atom stereocenters. The summed E-state index contributed by atoms with van der Waals surface area (Å²) < 4.78 is 37.2. The van der Waals surface area contributed by atoms with Gasteiger partial charge in [-0.15, -0.1) is 0 Å². The quantitative estimate of drug-likeness (QED) is 0.917. The average molecular weight is 340 g/mol. The molecule has 0 spiro atoms. The first-order valence-corrected chi connectivity index (χ1v) is 6.63. The van der Waals surface area contributed by atoms with Crippen molar-refractivity contribution in [3.05, 3.63) is 21.0 Å². The second kappa shape index (κ2) is 5.15. The second-order valence-corrected chi connectivity index (χ2v) is 5.60. The van der Waals surface area contributed by atoms with E-state index in [1.54, 1.807) is 0 Å². The number of hydrogen-bond acceptors (Lipinski definition) is 3. The summed E-state index contributed by atoms with van der Waals surface area (Å²) in [6.07, 6.45) is -2.10. The molecule has 1 heterocycles. The van der Waals surface area contributed by atoms with Gasteiger partial charge in [-0.3, -0.25) is 4.79 Å². The Morgan fingerprint density at radius 1 is 1.58 bits per heavy atom. The van der Waals surface area contributed by atoms with E-state index in [-0.39, 0.29) is 4.47 Å². The van der Waals surface area contributed by atoms with Crippen molar-refractivity contribution in [2.45, 2.75) is 26.1 Å². The molecule has 1 fully saturated rings. The molecule has 8 heteroatoms. The van der Waals surface area contributed by atoms with Crippen LogP contribution in [0.1, 0.15) is 13.3 Å². The van der Waals surface area contributed by atoms with Gasteiger partial charge in [0.15, 0.2) is 0 Å². The van der Waals surface area contributed by atoms with Gasteiger partial charge in [0.2, 0.25) is 0 Å². The summed E-state index contributed by atoms with van der Waals surface area (Å²) >= 11 is 3.02. The molecule has 19 heavy (non-hydrogen) atoms. The topological polar surface area (TPSA) is 46.9 Å². The Morgan fingerprint density at radius 2 is 2.21 bits per heavy atom. The fourth-order valence-electron chi connectivity index (χ4n) is 1.80. The van der Waals surface area contributed by atoms with Crippen molar-refractivity contribution >= 4 is 21.6 Å². The molecular weight excluding hydrogens is 327 g/mol. The van der Waals surface area contributed by atoms with Crippen LogP contribution in [0.4, 0.5) is 18.9 Å². The molecule has 0 radical (unpaired) electrons. The monoisotopic (exact) mass is 339 g/mol. The molecule has 1 aromatic rings. The van der Waals surface area contributed by atoms with Gasteiger partial charge in [-0.2, -0.15) is 18.3 Å². The summed E-state index contributed by atoms with van der Waals surface area (Å²) in [4.78, 5) is 11.7. The second-order valence-electron chi connectivity index (χ2n) is 4.80. The molecule has 1 aliphatic rings. The number of alkyl halides is 3. The molecule has 0 bridgehead atoms. The molecule has 2 atom stereocenters. The van der Waals surface area contributed by atoms with Crippen LogP contribution in [0.15, 0.2) is 15.5 Å². The van der Waals surface area contributed by atoms with Crippen molar-refractivity contribution in [3.63, 3.8) is 0 Å². The van der Waals surface area contributed by atoms with Gasteiger partial charge in [0.05, 0.1) is 11.9 Å². The number of nitrogens with zero attached hydrogens (tertiary/aromatic N) is 2. The van der Waals surface area contributed by atoms with E-state index >= 15 is 0 Å². The highest BCUT2D eigenvalue weighted by molar-refractivity contribution is 9.10. The van der Waals surface area contributed by atoms with Crippen molar-refractivity contribution in [2.24, 2.45) is 11.8 Å². The summed E-state index contributed by atoms with van der Waals surface area (Å²) in [6, 6.07) is 0. The predicted molar refractivity (Wildman–Crippen MR) is 68.0 cm³/mol. The van der Waals surface area contributed by atoms with Gasteiger partial charge in [-0.1, -0.05) is 6.92 Å². The maximum atomic E-state index is 12.2. The summed E-state index contributed by atoms with van der Waals surface area (Å²) in [5.41, 5.74) is -0.353. The molecule has 1 N–H and O–H groups in total. The minimum absolute atomic E-state index is 0.0834. The van der Waals surface area contributed by atoms with E-state index in [0.717, 1.165) is 6.42 Å². The first-order chi connectivity index (χ1) is 8.78. The number of anilines is 1. The van der Waals surface area contributed by atoms with Crippen molar-refractivity contribution in [3.8, 4) is 0 Å². The summed E-state index contributed by atoms with van der Waals surface area (Å²) in [6.45, 7) is 1.44. The Kier molecular flexibility index (Phi) is 3.89. The van der Waals surface area contributed by atoms with Crippen LogP contribution in [0.3, 0.4) is 0 Å². The van der Waals surface area contributed by atoms with Crippen LogP contribution in [0, 0.1) is 11.8 Å². The van der Waals surface area contributed by atoms with Gasteiger partial charge < -0.3 is 5.32 Å². The lowest BCUT2D eigenvalue weighted by atomic mass is 10.3. The minimum Gasteiger partial charge on any atom is -0.382 e. The van der Waals surface area contributed by atoms with Gasteiger partial charge in [0.1, 0.15) is 11.0 Å². The molecule has 106 valence electrons. The van der Waals surface area contributed by atoms with E-state index in [0.29, 0.717) is 28.7 Å². The molecule has 1 aliphatic carbocycles. The smallest absolute Gasteiger partial charge is 0.382 e. The zero-order valence-electron chi connectivity index (χ0n) is 10.2. The van der Waals surface area contributed by atoms with Gasteiger partial charge in [0, 0.05) is 6.54 Å². The van der Waals surface area contributed by atoms with Crippen LogP contribution >= 0.6 is 15.9 Å². The Hall–Kier alpha value is -1.05. The predicted octanol–water partition coefficient (Wildman–Crippen LogP) is 2.64. The zero-order chi connectivity index (χ0) is 14.2. The van der Waals surface area contributed by atoms with Crippen molar-refractivity contribution in [1.29, 1.82) is 0 Å². The minimum atomic E-state index is -4.46. The molecule has 1 aromatic heterocycles. The van der Waals surface area contributed by atoms with Crippen LogP contribution in [0.2, 0.25) is 0 Å². The largest absolute Gasteiger partial charge is 0.408 e. The number of aromatic nitrogens is 2. The van der Waals surface area contributed by atoms with Crippen LogP contribution in [0.25, 0.3) is 0 Å². The summed E-state index contributed by atoms with van der Waals surface area (Å²) in [5.74, 6) is 1.22. The molecule has 4 nitrogen and oxygen atoms in total. The van der Waals surface area contributed by atoms with E-state index in [4.69, 9.17) is 0 Å². The van der Waals surface area contributed by atoms with Gasteiger partial charge in [-0.05, 0) is 34.2 Å². The molecular formula is C11H13BrF3N3O. The molecule has 1 saturated carbocycles. The number of halogens is 4. The Morgan fingerprint density at radius 3 is 2.74 bits per heavy atom. The van der Waals surface area contributed by atoms with Crippen molar-refractivity contribution in [1.82, 2.24) is 9.78 Å². The number of rotatable bonds is 4. The standard InChI is InChI=1S/C11H13BrF3N3O/c1-6-2-7(6)3-16-8-4-17-18(5-11(13,14)15)10(19)9(8)12/h4,6-7,16H,2-3,5H2,1H3. The lowest BCUT2D eigenvalue weighted by Gasteiger charge is -2.11. The Labute approximate surface area is 116 Å². The third-order valence-electron chi connectivity index (χ3n) is 3.14. The lowest BCUT2D eigenvalue weighted by Crippen LogP contribution is -2.31. The molecule has 0 saturated heterocycles. The zero-order valence-corrected chi connectivity index (χ0v) is 11.8. The Balaban J connectivity index is 2.10. The van der Waals surface area contributed by atoms with Crippen LogP contribution in [-0.2, 0) is 6.54 Å². The fraction of sp³-hybridized carbons (Fsp3) is 0.636. The van der Waals surface area contributed by atoms with Crippen LogP contribution < -0.4 is 10.9 Å². The Bertz CT molecular complexity index is 529. The number of hydrogen-bond donors (Lipinski definition) is 1. The third kappa shape index (κ3) is 3.71. The fourth-order valence-corrected chi connectivity index (χ4v) is 2.24. The molecule has 0 aliphatic heterocycles. The highest BCUT2D eigenvalue weighted by atomic mass is 79.9. The first kappa shape index (κ1) is 14.4. The van der Waals surface area contributed by atoms with E-state index in [1.165, 1.54) is 6.20 Å². The van der Waals surface area contributed by atoms with Crippen molar-refractivity contribution in [2.75, 3.05) is 11.9 Å². The van der Waals surface area contributed by atoms with Crippen molar-refractivity contribution < 1.29 is 13.2 Å². The maximum absolute atomic E-state index is 12.2. The first-order valence-electron chi connectivity index (χ1n) is 5.84. The molecule has 0 aromatic carbocycles.